The van der Waals surface area contributed by atoms with Crippen LogP contribution < -0.4 is 5.32 Å². The Morgan fingerprint density at radius 3 is 2.56 bits per heavy atom. The minimum absolute atomic E-state index is 0.00801. The third-order valence-electron chi connectivity index (χ3n) is 7.67. The number of β-amino-alcohol motifs (C(OH)–C–C–N with tert-alkyl or cyclic N) is 1. The Morgan fingerprint density at radius 2 is 1.97 bits per heavy atom. The van der Waals surface area contributed by atoms with Gasteiger partial charge in [0, 0.05) is 12.2 Å². The van der Waals surface area contributed by atoms with Gasteiger partial charge in [0.15, 0.2) is 0 Å². The van der Waals surface area contributed by atoms with Crippen LogP contribution in [0, 0.1) is 31.6 Å². The van der Waals surface area contributed by atoms with Gasteiger partial charge in [-0.1, -0.05) is 25.1 Å². The first-order valence-corrected chi connectivity index (χ1v) is 11.3. The lowest BCUT2D eigenvalue weighted by atomic mass is 9.62. The first-order chi connectivity index (χ1) is 15.1. The molecule has 6 atom stereocenters. The van der Waals surface area contributed by atoms with Crippen LogP contribution in [-0.4, -0.2) is 64.8 Å². The summed E-state index contributed by atoms with van der Waals surface area (Å²) in [5, 5.41) is 12.7. The number of amides is 2. The van der Waals surface area contributed by atoms with Crippen LogP contribution in [0.3, 0.4) is 0 Å². The number of carbonyl (C=O) groups excluding carboxylic acids is 3. The van der Waals surface area contributed by atoms with Gasteiger partial charge >= 0.3 is 5.97 Å². The van der Waals surface area contributed by atoms with Gasteiger partial charge in [-0.25, -0.2) is 0 Å². The molecular formula is C24H32N2O6. The fraction of sp³-hybridized carbons (Fsp3) is 0.625. The molecule has 0 radical (unpaired) electrons. The molecule has 3 unspecified atom stereocenters. The van der Waals surface area contributed by atoms with E-state index in [1.54, 1.807) is 6.92 Å². The molecule has 3 heterocycles. The Hall–Kier alpha value is -2.45. The number of hydrogen-bond donors (Lipinski definition) is 2. The molecule has 2 N–H and O–H groups in total. The van der Waals surface area contributed by atoms with Crippen molar-refractivity contribution in [3.8, 4) is 0 Å². The molecule has 3 saturated heterocycles. The molecule has 2 bridgehead atoms. The normalized spacial score (nSPS) is 35.2. The number of nitrogens with one attached hydrogen (secondary N) is 1. The number of para-hydroxylation sites is 1. The van der Waals surface area contributed by atoms with Gasteiger partial charge in [-0.3, -0.25) is 14.4 Å². The van der Waals surface area contributed by atoms with E-state index < -0.39 is 35.0 Å². The quantitative estimate of drug-likeness (QED) is 0.649. The standard InChI is InChI=1S/C24H32N2O6/c1-6-31-22(30)17-16-21(29)26(10-11-27)19(24(16)12-15(4)23(17,5)32-24)20(28)25-18-13(2)8-7-9-14(18)3/h7-9,15-17,19,27H,6,10-12H2,1-5H3,(H,25,28)/t15?,16-,17-,19?,23+,24?/m0/s1. The third-order valence-corrected chi connectivity index (χ3v) is 7.67. The monoisotopic (exact) mass is 444 g/mol. The summed E-state index contributed by atoms with van der Waals surface area (Å²) in [6.07, 6.45) is 0.475. The Balaban J connectivity index is 1.78. The topological polar surface area (TPSA) is 105 Å². The molecule has 8 nitrogen and oxygen atoms in total. The number of esters is 1. The molecule has 8 heteroatoms. The van der Waals surface area contributed by atoms with Crippen LogP contribution in [-0.2, 0) is 23.9 Å². The van der Waals surface area contributed by atoms with Gasteiger partial charge in [0.05, 0.1) is 24.7 Å². The van der Waals surface area contributed by atoms with Crippen molar-refractivity contribution in [2.24, 2.45) is 17.8 Å². The summed E-state index contributed by atoms with van der Waals surface area (Å²) < 4.78 is 11.9. The summed E-state index contributed by atoms with van der Waals surface area (Å²) in [5.74, 6) is -2.84. The van der Waals surface area contributed by atoms with Gasteiger partial charge in [0.1, 0.15) is 17.6 Å². The predicted molar refractivity (Wildman–Crippen MR) is 117 cm³/mol. The number of hydrogen-bond acceptors (Lipinski definition) is 6. The van der Waals surface area contributed by atoms with Gasteiger partial charge in [-0.15, -0.1) is 0 Å². The molecule has 32 heavy (non-hydrogen) atoms. The zero-order valence-electron chi connectivity index (χ0n) is 19.3. The van der Waals surface area contributed by atoms with Crippen molar-refractivity contribution >= 4 is 23.5 Å². The Labute approximate surface area is 188 Å². The molecule has 3 aliphatic rings. The molecule has 1 aromatic carbocycles. The van der Waals surface area contributed by atoms with E-state index >= 15 is 0 Å². The summed E-state index contributed by atoms with van der Waals surface area (Å²) >= 11 is 0. The highest BCUT2D eigenvalue weighted by molar-refractivity contribution is 6.04. The van der Waals surface area contributed by atoms with Crippen molar-refractivity contribution in [3.63, 3.8) is 0 Å². The second kappa shape index (κ2) is 7.85. The largest absolute Gasteiger partial charge is 0.466 e. The fourth-order valence-electron chi connectivity index (χ4n) is 6.18. The maximum absolute atomic E-state index is 13.7. The molecule has 2 amide bonds. The minimum atomic E-state index is -1.14. The van der Waals surface area contributed by atoms with E-state index in [1.165, 1.54) is 4.90 Å². The number of benzene rings is 1. The molecule has 3 aliphatic heterocycles. The van der Waals surface area contributed by atoms with Crippen LogP contribution in [0.4, 0.5) is 5.69 Å². The van der Waals surface area contributed by atoms with E-state index in [0.717, 1.165) is 11.1 Å². The van der Waals surface area contributed by atoms with E-state index in [9.17, 15) is 19.5 Å². The smallest absolute Gasteiger partial charge is 0.312 e. The van der Waals surface area contributed by atoms with E-state index in [1.807, 2.05) is 45.9 Å². The number of ether oxygens (including phenoxy) is 2. The van der Waals surface area contributed by atoms with Crippen LogP contribution in [0.15, 0.2) is 18.2 Å². The van der Waals surface area contributed by atoms with Crippen molar-refractivity contribution in [1.29, 1.82) is 0 Å². The highest BCUT2D eigenvalue weighted by Gasteiger charge is 2.80. The summed E-state index contributed by atoms with van der Waals surface area (Å²) in [6.45, 7) is 9.27. The van der Waals surface area contributed by atoms with E-state index in [0.29, 0.717) is 12.1 Å². The SMILES string of the molecule is CCOC(=O)[C@@H]1[C@H]2C(=O)N(CCO)C(C(=O)Nc3c(C)cccc3C)C23CC(C)[C@@]1(C)O3. The van der Waals surface area contributed by atoms with Gasteiger partial charge in [-0.2, -0.15) is 0 Å². The van der Waals surface area contributed by atoms with Crippen LogP contribution in [0.5, 0.6) is 0 Å². The fourth-order valence-corrected chi connectivity index (χ4v) is 6.18. The second-order valence-electron chi connectivity index (χ2n) is 9.47. The molecule has 0 aliphatic carbocycles. The number of nitrogens with zero attached hydrogens (tertiary/aromatic N) is 1. The molecular weight excluding hydrogens is 412 g/mol. The van der Waals surface area contributed by atoms with Crippen molar-refractivity contribution in [2.75, 3.05) is 25.1 Å². The number of likely N-dealkylation sites (tertiary alicyclic amines) is 1. The van der Waals surface area contributed by atoms with Crippen LogP contribution in [0.2, 0.25) is 0 Å². The third kappa shape index (κ3) is 2.99. The van der Waals surface area contributed by atoms with Gasteiger partial charge in [-0.05, 0) is 51.2 Å². The number of rotatable bonds is 6. The molecule has 0 aromatic heterocycles. The van der Waals surface area contributed by atoms with Crippen molar-refractivity contribution < 1.29 is 29.0 Å². The van der Waals surface area contributed by atoms with Crippen molar-refractivity contribution in [2.45, 2.75) is 58.3 Å². The van der Waals surface area contributed by atoms with Crippen molar-refractivity contribution in [3.05, 3.63) is 29.3 Å². The lowest BCUT2D eigenvalue weighted by Gasteiger charge is -2.35. The zero-order valence-corrected chi connectivity index (χ0v) is 19.3. The summed E-state index contributed by atoms with van der Waals surface area (Å²) in [5.41, 5.74) is 0.481. The number of anilines is 1. The molecule has 0 saturated carbocycles. The number of aryl methyl sites for hydroxylation is 2. The Bertz CT molecular complexity index is 944. The predicted octanol–water partition coefficient (Wildman–Crippen LogP) is 1.81. The summed E-state index contributed by atoms with van der Waals surface area (Å²) in [7, 11) is 0. The Kier molecular flexibility index (Phi) is 5.57. The average molecular weight is 445 g/mol. The second-order valence-corrected chi connectivity index (χ2v) is 9.47. The summed E-state index contributed by atoms with van der Waals surface area (Å²) in [4.78, 5) is 41.6. The molecule has 174 valence electrons. The van der Waals surface area contributed by atoms with Crippen LogP contribution in [0.25, 0.3) is 0 Å². The lowest BCUT2D eigenvalue weighted by Crippen LogP contribution is -2.54. The lowest BCUT2D eigenvalue weighted by molar-refractivity contribution is -0.161. The number of carbonyl (C=O) groups is 3. The van der Waals surface area contributed by atoms with Gasteiger partial charge < -0.3 is 24.8 Å². The maximum Gasteiger partial charge on any atom is 0.312 e. The van der Waals surface area contributed by atoms with E-state index in [2.05, 4.69) is 5.32 Å². The van der Waals surface area contributed by atoms with Crippen LogP contribution >= 0.6 is 0 Å². The molecule has 1 spiro atoms. The minimum Gasteiger partial charge on any atom is -0.466 e. The first kappa shape index (κ1) is 22.7. The van der Waals surface area contributed by atoms with E-state index in [-0.39, 0.29) is 37.5 Å². The van der Waals surface area contributed by atoms with Crippen molar-refractivity contribution in [1.82, 2.24) is 4.90 Å². The van der Waals surface area contributed by atoms with Crippen LogP contribution in [0.1, 0.15) is 38.3 Å². The molecule has 1 aromatic rings. The van der Waals surface area contributed by atoms with E-state index in [4.69, 9.17) is 9.47 Å². The van der Waals surface area contributed by atoms with Gasteiger partial charge in [0.25, 0.3) is 0 Å². The Morgan fingerprint density at radius 1 is 1.31 bits per heavy atom. The number of aliphatic hydroxyl groups excluding tert-OH is 1. The highest BCUT2D eigenvalue weighted by Crippen LogP contribution is 2.65. The highest BCUT2D eigenvalue weighted by atomic mass is 16.6. The summed E-state index contributed by atoms with van der Waals surface area (Å²) in [6, 6.07) is 4.79. The first-order valence-electron chi connectivity index (χ1n) is 11.3. The number of aliphatic hydroxyl groups is 1. The average Bonchev–Trinajstić information content (AvgIpc) is 3.23. The zero-order chi connectivity index (χ0) is 23.4. The maximum atomic E-state index is 13.7. The molecule has 3 fully saturated rings. The number of fused-ring (bicyclic) bond motifs is 1. The molecule has 4 rings (SSSR count). The van der Waals surface area contributed by atoms with Gasteiger partial charge in [0.2, 0.25) is 11.8 Å².